The van der Waals surface area contributed by atoms with Gasteiger partial charge in [-0.1, -0.05) is 30.3 Å². The molecule has 0 radical (unpaired) electrons. The molecule has 0 fully saturated rings. The Morgan fingerprint density at radius 2 is 1.79 bits per heavy atom. The van der Waals surface area contributed by atoms with Crippen molar-refractivity contribution in [2.24, 2.45) is 7.05 Å². The first-order valence-electron chi connectivity index (χ1n) is 7.07. The lowest BCUT2D eigenvalue weighted by molar-refractivity contribution is 0.592. The van der Waals surface area contributed by atoms with Crippen molar-refractivity contribution in [1.82, 2.24) is 19.5 Å². The van der Waals surface area contributed by atoms with Gasteiger partial charge < -0.3 is 4.57 Å². The van der Waals surface area contributed by atoms with Gasteiger partial charge in [0.25, 0.3) is 0 Å². The van der Waals surface area contributed by atoms with E-state index in [-0.39, 0.29) is 5.16 Å². The number of imidazole rings is 1. The van der Waals surface area contributed by atoms with E-state index in [1.54, 1.807) is 12.4 Å². The van der Waals surface area contributed by atoms with Crippen LogP contribution in [-0.4, -0.2) is 34.2 Å². The molecule has 0 unspecified atom stereocenters. The Labute approximate surface area is 140 Å². The third kappa shape index (κ3) is 3.34. The van der Waals surface area contributed by atoms with Gasteiger partial charge in [0.15, 0.2) is 0 Å². The van der Waals surface area contributed by atoms with Crippen molar-refractivity contribution < 1.29 is 8.42 Å². The number of sulfone groups is 1. The van der Waals surface area contributed by atoms with E-state index >= 15 is 0 Å². The lowest BCUT2D eigenvalue weighted by Gasteiger charge is -1.99. The van der Waals surface area contributed by atoms with Gasteiger partial charge in [0.1, 0.15) is 17.1 Å². The molecular weight excluding hydrogens is 324 g/mol. The van der Waals surface area contributed by atoms with Crippen molar-refractivity contribution in [2.75, 3.05) is 6.26 Å². The fourth-order valence-electron chi connectivity index (χ4n) is 2.10. The van der Waals surface area contributed by atoms with E-state index in [2.05, 4.69) is 26.8 Å². The summed E-state index contributed by atoms with van der Waals surface area (Å²) in [7, 11) is -1.61. The number of nitrogens with zero attached hydrogens (tertiary/aromatic N) is 4. The summed E-state index contributed by atoms with van der Waals surface area (Å²) in [4.78, 5) is 12.1. The van der Waals surface area contributed by atoms with Gasteiger partial charge in [-0.2, -0.15) is 0 Å². The molecule has 0 N–H and O–H groups in total. The van der Waals surface area contributed by atoms with E-state index in [4.69, 9.17) is 0 Å². The molecule has 0 spiro atoms. The van der Waals surface area contributed by atoms with Gasteiger partial charge in [-0.3, -0.25) is 0 Å². The molecular formula is C17H14N4O2S. The number of benzene rings is 1. The summed E-state index contributed by atoms with van der Waals surface area (Å²) in [5.41, 5.74) is 2.79. The molecule has 0 atom stereocenters. The number of aromatic nitrogens is 4. The molecule has 7 heteroatoms. The standard InChI is InChI=1S/C17H14N4O2S/c1-21-12-19-16(13-6-4-3-5-7-13)15(21)9-8-14-10-11-18-17(20-14)24(2,22)23/h3-7,10-12H,1-2H3. The second-order valence-corrected chi connectivity index (χ2v) is 7.07. The zero-order valence-corrected chi connectivity index (χ0v) is 13.9. The predicted octanol–water partition coefficient (Wildman–Crippen LogP) is 1.68. The Balaban J connectivity index is 2.03. The molecule has 0 saturated heterocycles. The first-order valence-corrected chi connectivity index (χ1v) is 8.96. The van der Waals surface area contributed by atoms with Crippen LogP contribution in [0.25, 0.3) is 11.3 Å². The van der Waals surface area contributed by atoms with Crippen LogP contribution in [0.5, 0.6) is 0 Å². The van der Waals surface area contributed by atoms with Crippen molar-refractivity contribution in [3.8, 4) is 23.1 Å². The van der Waals surface area contributed by atoms with Gasteiger partial charge in [0.2, 0.25) is 15.0 Å². The minimum Gasteiger partial charge on any atom is -0.327 e. The lowest BCUT2D eigenvalue weighted by atomic mass is 10.1. The Hall–Kier alpha value is -2.98. The summed E-state index contributed by atoms with van der Waals surface area (Å²) in [6.45, 7) is 0. The minimum atomic E-state index is -3.46. The van der Waals surface area contributed by atoms with Crippen LogP contribution in [0.2, 0.25) is 0 Å². The fraction of sp³-hybridized carbons (Fsp3) is 0.118. The number of aryl methyl sites for hydroxylation is 1. The van der Waals surface area contributed by atoms with Crippen LogP contribution in [0.4, 0.5) is 0 Å². The summed E-state index contributed by atoms with van der Waals surface area (Å²) >= 11 is 0. The van der Waals surface area contributed by atoms with Crippen LogP contribution < -0.4 is 0 Å². The quantitative estimate of drug-likeness (QED) is 0.525. The molecule has 24 heavy (non-hydrogen) atoms. The highest BCUT2D eigenvalue weighted by Crippen LogP contribution is 2.20. The molecule has 3 rings (SSSR count). The topological polar surface area (TPSA) is 77.7 Å². The fourth-order valence-corrected chi connectivity index (χ4v) is 2.61. The van der Waals surface area contributed by atoms with Crippen LogP contribution in [-0.2, 0) is 16.9 Å². The second-order valence-electron chi connectivity index (χ2n) is 5.17. The summed E-state index contributed by atoms with van der Waals surface area (Å²) in [5.74, 6) is 5.90. The molecule has 0 amide bonds. The minimum absolute atomic E-state index is 0.234. The smallest absolute Gasteiger partial charge is 0.247 e. The zero-order valence-electron chi connectivity index (χ0n) is 13.1. The van der Waals surface area contributed by atoms with Crippen LogP contribution in [0, 0.1) is 11.8 Å². The highest BCUT2D eigenvalue weighted by atomic mass is 32.2. The maximum atomic E-state index is 11.5. The van der Waals surface area contributed by atoms with Crippen molar-refractivity contribution in [3.05, 3.63) is 60.3 Å². The van der Waals surface area contributed by atoms with Gasteiger partial charge >= 0.3 is 0 Å². The molecule has 0 aliphatic heterocycles. The first-order chi connectivity index (χ1) is 11.4. The monoisotopic (exact) mass is 338 g/mol. The summed E-state index contributed by atoms with van der Waals surface area (Å²) in [5, 5.41) is -0.234. The van der Waals surface area contributed by atoms with E-state index in [0.29, 0.717) is 5.69 Å². The summed E-state index contributed by atoms with van der Waals surface area (Å²) in [6.07, 6.45) is 4.14. The van der Waals surface area contributed by atoms with Crippen LogP contribution in [0.1, 0.15) is 11.4 Å². The van der Waals surface area contributed by atoms with E-state index in [1.165, 1.54) is 6.20 Å². The molecule has 0 saturated carbocycles. The molecule has 3 aromatic rings. The average molecular weight is 338 g/mol. The molecule has 2 aromatic heterocycles. The molecule has 0 bridgehead atoms. The Bertz CT molecular complexity index is 1040. The van der Waals surface area contributed by atoms with Gasteiger partial charge in [0, 0.05) is 25.1 Å². The summed E-state index contributed by atoms with van der Waals surface area (Å²) in [6, 6.07) is 11.3. The van der Waals surface area contributed by atoms with E-state index in [1.807, 2.05) is 41.9 Å². The second kappa shape index (κ2) is 6.26. The Morgan fingerprint density at radius 1 is 1.04 bits per heavy atom. The maximum absolute atomic E-state index is 11.5. The van der Waals surface area contributed by atoms with Crippen LogP contribution in [0.15, 0.2) is 54.1 Å². The molecule has 120 valence electrons. The van der Waals surface area contributed by atoms with Crippen molar-refractivity contribution in [1.29, 1.82) is 0 Å². The van der Waals surface area contributed by atoms with Crippen LogP contribution >= 0.6 is 0 Å². The van der Waals surface area contributed by atoms with Crippen molar-refractivity contribution >= 4 is 9.84 Å². The Kier molecular flexibility index (Phi) is 4.15. The highest BCUT2D eigenvalue weighted by molar-refractivity contribution is 7.90. The highest BCUT2D eigenvalue weighted by Gasteiger charge is 2.11. The number of hydrogen-bond donors (Lipinski definition) is 0. The number of hydrogen-bond acceptors (Lipinski definition) is 5. The normalized spacial score (nSPS) is 10.9. The molecule has 0 aliphatic carbocycles. The predicted molar refractivity (Wildman–Crippen MR) is 89.8 cm³/mol. The van der Waals surface area contributed by atoms with E-state index in [9.17, 15) is 8.42 Å². The molecule has 2 heterocycles. The van der Waals surface area contributed by atoms with Crippen molar-refractivity contribution in [3.63, 3.8) is 0 Å². The lowest BCUT2D eigenvalue weighted by Crippen LogP contribution is -2.04. The first kappa shape index (κ1) is 15.9. The summed E-state index contributed by atoms with van der Waals surface area (Å²) < 4.78 is 24.9. The third-order valence-corrected chi connectivity index (χ3v) is 4.12. The molecule has 6 nitrogen and oxygen atoms in total. The van der Waals surface area contributed by atoms with E-state index < -0.39 is 9.84 Å². The average Bonchev–Trinajstić information content (AvgIpc) is 2.94. The SMILES string of the molecule is Cn1cnc(-c2ccccc2)c1C#Cc1ccnc(S(C)(=O)=O)n1. The number of rotatable bonds is 2. The van der Waals surface area contributed by atoms with Gasteiger partial charge in [-0.25, -0.2) is 23.4 Å². The van der Waals surface area contributed by atoms with Gasteiger partial charge in [-0.15, -0.1) is 0 Å². The van der Waals surface area contributed by atoms with E-state index in [0.717, 1.165) is 23.2 Å². The Morgan fingerprint density at radius 3 is 2.50 bits per heavy atom. The molecule has 0 aliphatic rings. The van der Waals surface area contributed by atoms with Gasteiger partial charge in [-0.05, 0) is 17.9 Å². The largest absolute Gasteiger partial charge is 0.327 e. The van der Waals surface area contributed by atoms with Gasteiger partial charge in [0.05, 0.1) is 6.33 Å². The van der Waals surface area contributed by atoms with Crippen molar-refractivity contribution in [2.45, 2.75) is 5.16 Å². The maximum Gasteiger partial charge on any atom is 0.247 e. The zero-order chi connectivity index (χ0) is 17.2. The van der Waals surface area contributed by atoms with Crippen LogP contribution in [0.3, 0.4) is 0 Å². The molecule has 1 aromatic carbocycles. The third-order valence-electron chi connectivity index (χ3n) is 3.26.